The van der Waals surface area contributed by atoms with Gasteiger partial charge in [-0.1, -0.05) is 13.8 Å². The van der Waals surface area contributed by atoms with Crippen molar-refractivity contribution in [3.8, 4) is 0 Å². The fourth-order valence-corrected chi connectivity index (χ4v) is 1.58. The minimum absolute atomic E-state index is 0.175. The van der Waals surface area contributed by atoms with Gasteiger partial charge in [0, 0.05) is 33.4 Å². The van der Waals surface area contributed by atoms with Gasteiger partial charge in [-0.15, -0.1) is 0 Å². The summed E-state index contributed by atoms with van der Waals surface area (Å²) in [4.78, 5) is 8.64. The Labute approximate surface area is 109 Å². The van der Waals surface area contributed by atoms with E-state index in [1.165, 1.54) is 0 Å². The first-order valence-corrected chi connectivity index (χ1v) is 6.23. The zero-order valence-electron chi connectivity index (χ0n) is 12.0. The molecule has 0 saturated heterocycles. The van der Waals surface area contributed by atoms with Gasteiger partial charge in [-0.05, 0) is 18.8 Å². The minimum Gasteiger partial charge on any atom is -0.385 e. The number of aryl methyl sites for hydroxylation is 1. The Hall–Kier alpha value is -1.36. The first kappa shape index (κ1) is 14.7. The lowest BCUT2D eigenvalue weighted by molar-refractivity contribution is 0.157. The van der Waals surface area contributed by atoms with Crippen molar-refractivity contribution in [1.82, 2.24) is 9.97 Å². The quantitative estimate of drug-likeness (QED) is 0.780. The van der Waals surface area contributed by atoms with E-state index in [1.807, 2.05) is 20.0 Å². The second-order valence-corrected chi connectivity index (χ2v) is 5.20. The van der Waals surface area contributed by atoms with Crippen molar-refractivity contribution in [2.24, 2.45) is 5.41 Å². The predicted octanol–water partition coefficient (Wildman–Crippen LogP) is 2.30. The zero-order valence-corrected chi connectivity index (χ0v) is 12.0. The van der Waals surface area contributed by atoms with E-state index in [1.54, 1.807) is 7.11 Å². The maximum Gasteiger partial charge on any atom is 0.131 e. The molecule has 1 aromatic heterocycles. The molecule has 1 heterocycles. The van der Waals surface area contributed by atoms with E-state index in [4.69, 9.17) is 4.74 Å². The van der Waals surface area contributed by atoms with Crippen LogP contribution in [-0.4, -0.2) is 37.3 Å². The molecular formula is C13H24N4O. The normalized spacial score (nSPS) is 11.4. The molecule has 0 radical (unpaired) electrons. The Morgan fingerprint density at radius 2 is 1.94 bits per heavy atom. The van der Waals surface area contributed by atoms with Crippen LogP contribution in [-0.2, 0) is 4.74 Å². The molecule has 0 spiro atoms. The van der Waals surface area contributed by atoms with E-state index in [0.717, 1.165) is 37.0 Å². The highest BCUT2D eigenvalue weighted by molar-refractivity contribution is 5.47. The lowest BCUT2D eigenvalue weighted by Crippen LogP contribution is -2.25. The van der Waals surface area contributed by atoms with Gasteiger partial charge in [0.15, 0.2) is 0 Å². The Morgan fingerprint density at radius 1 is 1.28 bits per heavy atom. The third kappa shape index (κ3) is 4.87. The number of hydrogen-bond acceptors (Lipinski definition) is 5. The summed E-state index contributed by atoms with van der Waals surface area (Å²) in [6.07, 6.45) is 1.01. The highest BCUT2D eigenvalue weighted by atomic mass is 16.5. The van der Waals surface area contributed by atoms with Crippen molar-refractivity contribution in [3.05, 3.63) is 11.9 Å². The molecule has 1 rings (SSSR count). The van der Waals surface area contributed by atoms with Gasteiger partial charge in [0.05, 0.1) is 0 Å². The molecule has 2 N–H and O–H groups in total. The molecule has 5 nitrogen and oxygen atoms in total. The summed E-state index contributed by atoms with van der Waals surface area (Å²) in [6.45, 7) is 7.95. The van der Waals surface area contributed by atoms with Crippen LogP contribution in [0.15, 0.2) is 6.07 Å². The Morgan fingerprint density at radius 3 is 2.56 bits per heavy atom. The molecule has 0 saturated carbocycles. The van der Waals surface area contributed by atoms with E-state index in [9.17, 15) is 0 Å². The van der Waals surface area contributed by atoms with Crippen LogP contribution in [0.3, 0.4) is 0 Å². The topological polar surface area (TPSA) is 59.1 Å². The maximum atomic E-state index is 5.12. The summed E-state index contributed by atoms with van der Waals surface area (Å²) in [6, 6.07) is 1.92. The Bertz CT molecular complexity index is 379. The van der Waals surface area contributed by atoms with Crippen LogP contribution < -0.4 is 10.6 Å². The van der Waals surface area contributed by atoms with Crippen LogP contribution in [0.5, 0.6) is 0 Å². The number of nitrogens with one attached hydrogen (secondary N) is 2. The number of aromatic nitrogens is 2. The summed E-state index contributed by atoms with van der Waals surface area (Å²) in [7, 11) is 3.59. The average molecular weight is 252 g/mol. The molecule has 5 heteroatoms. The molecule has 0 fully saturated rings. The van der Waals surface area contributed by atoms with E-state index in [0.29, 0.717) is 0 Å². The van der Waals surface area contributed by atoms with E-state index >= 15 is 0 Å². The number of anilines is 2. The van der Waals surface area contributed by atoms with Crippen LogP contribution in [0, 0.1) is 12.3 Å². The Balaban J connectivity index is 2.59. The molecule has 0 unspecified atom stereocenters. The van der Waals surface area contributed by atoms with Crippen molar-refractivity contribution in [2.45, 2.75) is 27.2 Å². The molecule has 102 valence electrons. The van der Waals surface area contributed by atoms with Crippen molar-refractivity contribution in [2.75, 3.05) is 37.9 Å². The van der Waals surface area contributed by atoms with Crippen LogP contribution in [0.1, 0.15) is 26.1 Å². The standard InChI is InChI=1S/C13H24N4O/c1-10-16-11(14-4)8-12(17-10)15-9-13(2,3)6-7-18-5/h8H,6-7,9H2,1-5H3,(H2,14,15,16,17). The number of hydrogen-bond donors (Lipinski definition) is 2. The second-order valence-electron chi connectivity index (χ2n) is 5.20. The molecule has 0 aliphatic heterocycles. The van der Waals surface area contributed by atoms with Crippen LogP contribution in [0.25, 0.3) is 0 Å². The van der Waals surface area contributed by atoms with E-state index < -0.39 is 0 Å². The molecule has 0 bridgehead atoms. The van der Waals surface area contributed by atoms with Crippen LogP contribution in [0.4, 0.5) is 11.6 Å². The van der Waals surface area contributed by atoms with Gasteiger partial charge in [-0.2, -0.15) is 0 Å². The average Bonchev–Trinajstić information content (AvgIpc) is 2.33. The summed E-state index contributed by atoms with van der Waals surface area (Å²) in [5.74, 6) is 2.45. The van der Waals surface area contributed by atoms with Gasteiger partial charge in [0.25, 0.3) is 0 Å². The largest absolute Gasteiger partial charge is 0.385 e. The van der Waals surface area contributed by atoms with Crippen molar-refractivity contribution < 1.29 is 4.74 Å². The smallest absolute Gasteiger partial charge is 0.131 e. The van der Waals surface area contributed by atoms with E-state index in [-0.39, 0.29) is 5.41 Å². The van der Waals surface area contributed by atoms with Gasteiger partial charge in [0.2, 0.25) is 0 Å². The molecule has 0 atom stereocenters. The fourth-order valence-electron chi connectivity index (χ4n) is 1.58. The summed E-state index contributed by atoms with van der Waals surface area (Å²) in [5, 5.41) is 6.39. The first-order valence-electron chi connectivity index (χ1n) is 6.23. The van der Waals surface area contributed by atoms with Gasteiger partial charge >= 0.3 is 0 Å². The third-order valence-electron chi connectivity index (χ3n) is 2.83. The lowest BCUT2D eigenvalue weighted by Gasteiger charge is -2.25. The fraction of sp³-hybridized carbons (Fsp3) is 0.692. The minimum atomic E-state index is 0.175. The van der Waals surface area contributed by atoms with Gasteiger partial charge in [-0.25, -0.2) is 9.97 Å². The molecule has 0 aromatic carbocycles. The van der Waals surface area contributed by atoms with E-state index in [2.05, 4.69) is 34.4 Å². The second kappa shape index (κ2) is 6.54. The zero-order chi connectivity index (χ0) is 13.6. The number of ether oxygens (including phenoxy) is 1. The number of rotatable bonds is 7. The van der Waals surface area contributed by atoms with Gasteiger partial charge in [0.1, 0.15) is 17.5 Å². The number of nitrogens with zero attached hydrogens (tertiary/aromatic N) is 2. The highest BCUT2D eigenvalue weighted by Gasteiger charge is 2.17. The summed E-state index contributed by atoms with van der Waals surface area (Å²) in [5.41, 5.74) is 0.175. The van der Waals surface area contributed by atoms with Crippen molar-refractivity contribution >= 4 is 11.6 Å². The van der Waals surface area contributed by atoms with Gasteiger partial charge in [-0.3, -0.25) is 0 Å². The predicted molar refractivity (Wildman–Crippen MR) is 75.1 cm³/mol. The SMILES string of the molecule is CNc1cc(NCC(C)(C)CCOC)nc(C)n1. The maximum absolute atomic E-state index is 5.12. The van der Waals surface area contributed by atoms with Crippen LogP contribution >= 0.6 is 0 Å². The molecule has 18 heavy (non-hydrogen) atoms. The number of methoxy groups -OCH3 is 1. The third-order valence-corrected chi connectivity index (χ3v) is 2.83. The van der Waals surface area contributed by atoms with Crippen LogP contribution in [0.2, 0.25) is 0 Å². The molecule has 1 aromatic rings. The molecule has 0 aliphatic carbocycles. The first-order chi connectivity index (χ1) is 8.46. The van der Waals surface area contributed by atoms with Crippen molar-refractivity contribution in [3.63, 3.8) is 0 Å². The molecular weight excluding hydrogens is 228 g/mol. The Kier molecular flexibility index (Phi) is 5.34. The monoisotopic (exact) mass is 252 g/mol. The highest BCUT2D eigenvalue weighted by Crippen LogP contribution is 2.21. The molecule has 0 aliphatic rings. The lowest BCUT2D eigenvalue weighted by atomic mass is 9.90. The van der Waals surface area contributed by atoms with Crippen molar-refractivity contribution in [1.29, 1.82) is 0 Å². The summed E-state index contributed by atoms with van der Waals surface area (Å²) >= 11 is 0. The van der Waals surface area contributed by atoms with Gasteiger partial charge < -0.3 is 15.4 Å². The molecule has 0 amide bonds. The summed E-state index contributed by atoms with van der Waals surface area (Å²) < 4.78 is 5.12.